The zero-order valence-corrected chi connectivity index (χ0v) is 22.9. The van der Waals surface area contributed by atoms with Gasteiger partial charge in [-0.2, -0.15) is 0 Å². The van der Waals surface area contributed by atoms with Crippen molar-refractivity contribution in [3.63, 3.8) is 0 Å². The lowest BCUT2D eigenvalue weighted by Gasteiger charge is -2.29. The average molecular weight is 522 g/mol. The van der Waals surface area contributed by atoms with Gasteiger partial charge in [0.2, 0.25) is 0 Å². The second-order valence-corrected chi connectivity index (χ2v) is 10.1. The maximum atomic E-state index is 13.4. The van der Waals surface area contributed by atoms with Crippen LogP contribution < -0.4 is 9.64 Å². The first-order valence-electron chi connectivity index (χ1n) is 13.4. The van der Waals surface area contributed by atoms with Crippen LogP contribution in [0.25, 0.3) is 5.76 Å². The van der Waals surface area contributed by atoms with Crippen LogP contribution in [0.15, 0.2) is 48.0 Å². The highest BCUT2D eigenvalue weighted by molar-refractivity contribution is 6.46. The zero-order chi connectivity index (χ0) is 27.2. The van der Waals surface area contributed by atoms with Gasteiger partial charge in [0.1, 0.15) is 11.5 Å². The standard InChI is InChI=1S/C30H39N3O5/c1-5-17-38-24-11-12-25(21(2)20-24)28(34)26-27(22-7-9-23(10-8-22)31(3)4)33(30(36)29(26)35)14-6-13-32-15-18-37-19-16-32/h7-12,20,27,34H,5-6,13-19H2,1-4H3/t27-/m0/s1. The number of aryl methyl sites for hydroxylation is 1. The number of carbonyl (C=O) groups excluding carboxylic acids is 2. The molecule has 2 aliphatic rings. The molecule has 38 heavy (non-hydrogen) atoms. The molecule has 1 N–H and O–H groups in total. The van der Waals surface area contributed by atoms with E-state index in [4.69, 9.17) is 9.47 Å². The Kier molecular flexibility index (Phi) is 9.07. The topological polar surface area (TPSA) is 82.5 Å². The minimum Gasteiger partial charge on any atom is -0.507 e. The molecule has 0 bridgehead atoms. The summed E-state index contributed by atoms with van der Waals surface area (Å²) >= 11 is 0. The van der Waals surface area contributed by atoms with Crippen LogP contribution in [0.4, 0.5) is 5.69 Å². The summed E-state index contributed by atoms with van der Waals surface area (Å²) in [4.78, 5) is 32.6. The van der Waals surface area contributed by atoms with Crippen molar-refractivity contribution >= 4 is 23.1 Å². The highest BCUT2D eigenvalue weighted by Crippen LogP contribution is 2.40. The number of aliphatic hydroxyl groups excluding tert-OH is 1. The van der Waals surface area contributed by atoms with Gasteiger partial charge in [0.05, 0.1) is 31.4 Å². The summed E-state index contributed by atoms with van der Waals surface area (Å²) in [6, 6.07) is 12.5. The van der Waals surface area contributed by atoms with Crippen molar-refractivity contribution in [2.75, 3.05) is 65.0 Å². The number of likely N-dealkylation sites (tertiary alicyclic amines) is 1. The number of hydrogen-bond acceptors (Lipinski definition) is 7. The molecular formula is C30H39N3O5. The van der Waals surface area contributed by atoms with E-state index in [1.165, 1.54) is 0 Å². The molecular weight excluding hydrogens is 482 g/mol. The van der Waals surface area contributed by atoms with Gasteiger partial charge in [-0.05, 0) is 61.2 Å². The van der Waals surface area contributed by atoms with Gasteiger partial charge >= 0.3 is 0 Å². The number of aliphatic hydroxyl groups is 1. The van der Waals surface area contributed by atoms with Crippen LogP contribution in [-0.4, -0.2) is 86.7 Å². The highest BCUT2D eigenvalue weighted by atomic mass is 16.5. The fourth-order valence-corrected chi connectivity index (χ4v) is 5.06. The minimum absolute atomic E-state index is 0.129. The molecule has 204 valence electrons. The Morgan fingerprint density at radius 1 is 1.08 bits per heavy atom. The number of ether oxygens (including phenoxy) is 2. The normalized spacial score (nSPS) is 19.7. The number of carbonyl (C=O) groups is 2. The van der Waals surface area contributed by atoms with Crippen molar-refractivity contribution in [3.8, 4) is 5.75 Å². The van der Waals surface area contributed by atoms with E-state index in [0.29, 0.717) is 37.7 Å². The number of Topliss-reactive ketones (excluding diaryl/α,β-unsaturated/α-hetero) is 1. The molecule has 0 aromatic heterocycles. The van der Waals surface area contributed by atoms with Crippen molar-refractivity contribution in [1.82, 2.24) is 9.80 Å². The summed E-state index contributed by atoms with van der Waals surface area (Å²) in [7, 11) is 3.92. The third kappa shape index (κ3) is 6.03. The molecule has 8 nitrogen and oxygen atoms in total. The van der Waals surface area contributed by atoms with E-state index in [2.05, 4.69) is 4.90 Å². The van der Waals surface area contributed by atoms with E-state index in [1.54, 1.807) is 17.0 Å². The molecule has 2 fully saturated rings. The van der Waals surface area contributed by atoms with Gasteiger partial charge in [0.25, 0.3) is 11.7 Å². The fourth-order valence-electron chi connectivity index (χ4n) is 5.06. The molecule has 2 saturated heterocycles. The molecule has 2 aliphatic heterocycles. The van der Waals surface area contributed by atoms with Gasteiger partial charge in [-0.3, -0.25) is 14.5 Å². The molecule has 2 heterocycles. The Bertz CT molecular complexity index is 1170. The van der Waals surface area contributed by atoms with Crippen LogP contribution in [0.1, 0.15) is 42.5 Å². The van der Waals surface area contributed by atoms with E-state index >= 15 is 0 Å². The van der Waals surface area contributed by atoms with Crippen LogP contribution in [0.2, 0.25) is 0 Å². The SMILES string of the molecule is CCCOc1ccc(C(O)=C2C(=O)C(=O)N(CCCN3CCOCC3)[C@H]2c2ccc(N(C)C)cc2)c(C)c1. The quantitative estimate of drug-likeness (QED) is 0.288. The summed E-state index contributed by atoms with van der Waals surface area (Å²) in [5.74, 6) is -0.669. The Hall–Kier alpha value is -3.36. The molecule has 1 atom stereocenters. The van der Waals surface area contributed by atoms with Crippen LogP contribution in [0.3, 0.4) is 0 Å². The van der Waals surface area contributed by atoms with Gasteiger partial charge in [0, 0.05) is 51.5 Å². The predicted octanol–water partition coefficient (Wildman–Crippen LogP) is 3.99. The minimum atomic E-state index is -0.661. The Morgan fingerprint density at radius 3 is 2.42 bits per heavy atom. The maximum absolute atomic E-state index is 13.4. The molecule has 2 aromatic carbocycles. The molecule has 0 aliphatic carbocycles. The molecule has 1 amide bonds. The van der Waals surface area contributed by atoms with Crippen molar-refractivity contribution in [2.45, 2.75) is 32.7 Å². The second kappa shape index (κ2) is 12.5. The number of ketones is 1. The van der Waals surface area contributed by atoms with Crippen LogP contribution >= 0.6 is 0 Å². The van der Waals surface area contributed by atoms with E-state index in [-0.39, 0.29) is 11.3 Å². The van der Waals surface area contributed by atoms with Crippen LogP contribution in [-0.2, 0) is 14.3 Å². The zero-order valence-electron chi connectivity index (χ0n) is 22.9. The second-order valence-electron chi connectivity index (χ2n) is 10.1. The third-order valence-corrected chi connectivity index (χ3v) is 7.17. The van der Waals surface area contributed by atoms with Crippen molar-refractivity contribution < 1.29 is 24.2 Å². The number of hydrogen-bond donors (Lipinski definition) is 1. The number of amides is 1. The number of benzene rings is 2. The van der Waals surface area contributed by atoms with Gasteiger partial charge in [-0.25, -0.2) is 0 Å². The molecule has 4 rings (SSSR count). The van der Waals surface area contributed by atoms with Gasteiger partial charge < -0.3 is 24.4 Å². The highest BCUT2D eigenvalue weighted by Gasteiger charge is 2.46. The molecule has 8 heteroatoms. The van der Waals surface area contributed by atoms with Crippen molar-refractivity contribution in [1.29, 1.82) is 0 Å². The lowest BCUT2D eigenvalue weighted by atomic mass is 9.93. The smallest absolute Gasteiger partial charge is 0.295 e. The molecule has 0 unspecified atom stereocenters. The van der Waals surface area contributed by atoms with E-state index < -0.39 is 17.7 Å². The van der Waals surface area contributed by atoms with E-state index in [0.717, 1.165) is 49.3 Å². The molecule has 0 saturated carbocycles. The monoisotopic (exact) mass is 521 g/mol. The first-order valence-corrected chi connectivity index (χ1v) is 13.4. The first-order chi connectivity index (χ1) is 18.3. The van der Waals surface area contributed by atoms with Gasteiger partial charge in [-0.1, -0.05) is 19.1 Å². The molecule has 2 aromatic rings. The summed E-state index contributed by atoms with van der Waals surface area (Å²) in [6.45, 7) is 8.90. The summed E-state index contributed by atoms with van der Waals surface area (Å²) in [6.07, 6.45) is 1.62. The molecule has 0 spiro atoms. The Morgan fingerprint density at radius 2 is 1.79 bits per heavy atom. The lowest BCUT2D eigenvalue weighted by Crippen LogP contribution is -2.38. The summed E-state index contributed by atoms with van der Waals surface area (Å²) in [5, 5.41) is 11.5. The van der Waals surface area contributed by atoms with Crippen LogP contribution in [0.5, 0.6) is 5.75 Å². The third-order valence-electron chi connectivity index (χ3n) is 7.17. The number of rotatable bonds is 10. The van der Waals surface area contributed by atoms with Crippen LogP contribution in [0, 0.1) is 6.92 Å². The van der Waals surface area contributed by atoms with E-state index in [1.807, 2.05) is 63.2 Å². The fraction of sp³-hybridized carbons (Fsp3) is 0.467. The average Bonchev–Trinajstić information content (AvgIpc) is 3.17. The van der Waals surface area contributed by atoms with Crippen molar-refractivity contribution in [3.05, 3.63) is 64.7 Å². The summed E-state index contributed by atoms with van der Waals surface area (Å²) < 4.78 is 11.2. The van der Waals surface area contributed by atoms with Crippen molar-refractivity contribution in [2.24, 2.45) is 0 Å². The number of nitrogens with zero attached hydrogens (tertiary/aromatic N) is 3. The number of anilines is 1. The largest absolute Gasteiger partial charge is 0.507 e. The summed E-state index contributed by atoms with van der Waals surface area (Å²) in [5.41, 5.74) is 3.23. The van der Waals surface area contributed by atoms with E-state index in [9.17, 15) is 14.7 Å². The Labute approximate surface area is 225 Å². The van der Waals surface area contributed by atoms with Gasteiger partial charge in [-0.15, -0.1) is 0 Å². The van der Waals surface area contributed by atoms with Gasteiger partial charge in [0.15, 0.2) is 0 Å². The Balaban J connectivity index is 1.68. The first kappa shape index (κ1) is 27.7. The lowest BCUT2D eigenvalue weighted by molar-refractivity contribution is -0.140. The molecule has 0 radical (unpaired) electrons. The number of morpholine rings is 1. The maximum Gasteiger partial charge on any atom is 0.295 e. The predicted molar refractivity (Wildman–Crippen MR) is 149 cm³/mol.